The Balaban J connectivity index is 1.51. The number of aryl methyl sites for hydroxylation is 1. The summed E-state index contributed by atoms with van der Waals surface area (Å²) in [6, 6.07) is 0.560. The highest BCUT2D eigenvalue weighted by Gasteiger charge is 2.49. The van der Waals surface area contributed by atoms with E-state index in [1.165, 1.54) is 0 Å². The van der Waals surface area contributed by atoms with Crippen molar-refractivity contribution in [3.63, 3.8) is 0 Å². The van der Waals surface area contributed by atoms with Crippen molar-refractivity contribution in [2.45, 2.75) is 76.0 Å². The van der Waals surface area contributed by atoms with Gasteiger partial charge < -0.3 is 19.8 Å². The van der Waals surface area contributed by atoms with Crippen molar-refractivity contribution in [1.29, 1.82) is 0 Å². The maximum Gasteiger partial charge on any atom is 0.319 e. The molecule has 33 heavy (non-hydrogen) atoms. The molecule has 3 aliphatic rings. The Labute approximate surface area is 199 Å². The molecule has 0 saturated carbocycles. The average Bonchev–Trinajstić information content (AvgIpc) is 3.35. The molecular formula is C24H34ClN5O3. The fourth-order valence-electron chi connectivity index (χ4n) is 6.11. The van der Waals surface area contributed by atoms with Crippen LogP contribution < -0.4 is 9.64 Å². The Bertz CT molecular complexity index is 1030. The van der Waals surface area contributed by atoms with Crippen molar-refractivity contribution in [3.05, 3.63) is 16.9 Å². The first kappa shape index (κ1) is 23.0. The van der Waals surface area contributed by atoms with E-state index in [-0.39, 0.29) is 18.2 Å². The second kappa shape index (κ2) is 8.80. The Morgan fingerprint density at radius 1 is 1.21 bits per heavy atom. The quantitative estimate of drug-likeness (QED) is 0.616. The van der Waals surface area contributed by atoms with Crippen molar-refractivity contribution in [2.24, 2.45) is 0 Å². The fourth-order valence-corrected chi connectivity index (χ4v) is 6.38. The molecule has 3 aliphatic heterocycles. The molecule has 3 saturated heterocycles. The number of halogens is 1. The lowest BCUT2D eigenvalue weighted by atomic mass is 9.95. The van der Waals surface area contributed by atoms with E-state index in [0.29, 0.717) is 30.7 Å². The lowest BCUT2D eigenvalue weighted by Crippen LogP contribution is -2.47. The number of aromatic nitrogens is 3. The first-order valence-electron chi connectivity index (χ1n) is 12.2. The number of ether oxygens (including phenoxy) is 1. The minimum absolute atomic E-state index is 0.0514. The van der Waals surface area contributed by atoms with Crippen LogP contribution in [0.2, 0.25) is 5.15 Å². The van der Waals surface area contributed by atoms with Gasteiger partial charge in [-0.1, -0.05) is 18.5 Å². The van der Waals surface area contributed by atoms with Crippen LogP contribution in [0.5, 0.6) is 6.01 Å². The summed E-state index contributed by atoms with van der Waals surface area (Å²) < 4.78 is 6.32. The lowest BCUT2D eigenvalue weighted by molar-refractivity contribution is 0.0446. The summed E-state index contributed by atoms with van der Waals surface area (Å²) in [5.41, 5.74) is 0.831. The van der Waals surface area contributed by atoms with Crippen LogP contribution in [-0.4, -0.2) is 80.1 Å². The van der Waals surface area contributed by atoms with E-state index in [1.54, 1.807) is 6.20 Å². The molecule has 2 aromatic heterocycles. The molecule has 8 nitrogen and oxygen atoms in total. The molecule has 5 heterocycles. The third-order valence-electron chi connectivity index (χ3n) is 7.79. The van der Waals surface area contributed by atoms with Gasteiger partial charge in [-0.05, 0) is 58.4 Å². The average molecular weight is 476 g/mol. The molecule has 2 aromatic rings. The molecular weight excluding hydrogens is 442 g/mol. The first-order valence-corrected chi connectivity index (χ1v) is 12.6. The third kappa shape index (κ3) is 4.16. The Hall–Kier alpha value is -1.74. The zero-order chi connectivity index (χ0) is 23.2. The molecule has 0 aliphatic carbocycles. The van der Waals surface area contributed by atoms with E-state index in [9.17, 15) is 10.2 Å². The summed E-state index contributed by atoms with van der Waals surface area (Å²) in [6.07, 6.45) is 8.29. The predicted molar refractivity (Wildman–Crippen MR) is 128 cm³/mol. The Morgan fingerprint density at radius 2 is 2.03 bits per heavy atom. The highest BCUT2D eigenvalue weighted by molar-refractivity contribution is 6.31. The SMILES string of the molecule is CCc1c(Cl)ncc2c(N3CCC[C@@](C)(O)C3)nc(OC[C@@]34CCCN3[C@H](CO)CC4)nc12. The molecule has 3 fully saturated rings. The summed E-state index contributed by atoms with van der Waals surface area (Å²) in [5.74, 6) is 0.745. The van der Waals surface area contributed by atoms with Crippen LogP contribution in [0.1, 0.15) is 57.9 Å². The number of hydrogen-bond donors (Lipinski definition) is 2. The topological polar surface area (TPSA) is 94.8 Å². The lowest BCUT2D eigenvalue weighted by Gasteiger charge is -2.38. The molecule has 9 heteroatoms. The van der Waals surface area contributed by atoms with Gasteiger partial charge in [-0.2, -0.15) is 9.97 Å². The first-order chi connectivity index (χ1) is 15.9. The van der Waals surface area contributed by atoms with Crippen LogP contribution in [0.3, 0.4) is 0 Å². The molecule has 2 N–H and O–H groups in total. The van der Waals surface area contributed by atoms with Crippen molar-refractivity contribution in [1.82, 2.24) is 19.9 Å². The van der Waals surface area contributed by atoms with E-state index in [4.69, 9.17) is 26.3 Å². The number of β-amino-alcohol motifs (C(OH)–C–C–N with tert-alkyl or cyclic N) is 1. The number of rotatable bonds is 6. The molecule has 0 unspecified atom stereocenters. The maximum atomic E-state index is 10.7. The summed E-state index contributed by atoms with van der Waals surface area (Å²) in [7, 11) is 0. The summed E-state index contributed by atoms with van der Waals surface area (Å²) in [4.78, 5) is 18.6. The summed E-state index contributed by atoms with van der Waals surface area (Å²) >= 11 is 6.43. The monoisotopic (exact) mass is 475 g/mol. The number of nitrogens with zero attached hydrogens (tertiary/aromatic N) is 5. The Kier molecular flexibility index (Phi) is 6.14. The van der Waals surface area contributed by atoms with E-state index in [1.807, 2.05) is 13.8 Å². The minimum atomic E-state index is -0.767. The molecule has 3 atom stereocenters. The van der Waals surface area contributed by atoms with Gasteiger partial charge >= 0.3 is 6.01 Å². The number of pyridine rings is 1. The second-order valence-corrected chi connectivity index (χ2v) is 10.5. The van der Waals surface area contributed by atoms with E-state index in [0.717, 1.165) is 73.9 Å². The molecule has 0 radical (unpaired) electrons. The van der Waals surface area contributed by atoms with Gasteiger partial charge in [0, 0.05) is 30.9 Å². The second-order valence-electron chi connectivity index (χ2n) is 10.2. The van der Waals surface area contributed by atoms with Crippen LogP contribution in [-0.2, 0) is 6.42 Å². The number of aliphatic hydroxyl groups is 2. The van der Waals surface area contributed by atoms with Gasteiger partial charge in [-0.3, -0.25) is 4.90 Å². The van der Waals surface area contributed by atoms with Gasteiger partial charge in [-0.15, -0.1) is 0 Å². The Morgan fingerprint density at radius 3 is 2.79 bits per heavy atom. The van der Waals surface area contributed by atoms with Gasteiger partial charge in [0.25, 0.3) is 0 Å². The molecule has 180 valence electrons. The van der Waals surface area contributed by atoms with Gasteiger partial charge in [0.15, 0.2) is 0 Å². The molecule has 0 amide bonds. The number of aliphatic hydroxyl groups excluding tert-OH is 1. The number of fused-ring (bicyclic) bond motifs is 2. The van der Waals surface area contributed by atoms with E-state index in [2.05, 4.69) is 14.8 Å². The predicted octanol–water partition coefficient (Wildman–Crippen LogP) is 2.96. The minimum Gasteiger partial charge on any atom is -0.461 e. The standard InChI is InChI=1S/C24H34ClN5O3/c1-3-17-19-18(12-26-20(17)25)21(29-10-4-7-23(2,32)14-29)28-22(27-19)33-15-24-8-5-11-30(24)16(13-31)6-9-24/h12,16,31-32H,3-11,13-15H2,1-2H3/t16-,23+,24-/m0/s1. The van der Waals surface area contributed by atoms with Gasteiger partial charge in [0.1, 0.15) is 17.6 Å². The summed E-state index contributed by atoms with van der Waals surface area (Å²) in [5, 5.41) is 21.8. The van der Waals surface area contributed by atoms with E-state index >= 15 is 0 Å². The highest BCUT2D eigenvalue weighted by Crippen LogP contribution is 2.42. The highest BCUT2D eigenvalue weighted by atomic mass is 35.5. The fraction of sp³-hybridized carbons (Fsp3) is 0.708. The third-order valence-corrected chi connectivity index (χ3v) is 8.12. The zero-order valence-corrected chi connectivity index (χ0v) is 20.3. The largest absolute Gasteiger partial charge is 0.461 e. The molecule has 0 bridgehead atoms. The summed E-state index contributed by atoms with van der Waals surface area (Å²) in [6.45, 7) is 6.92. The van der Waals surface area contributed by atoms with Crippen molar-refractivity contribution in [2.75, 3.05) is 37.7 Å². The smallest absolute Gasteiger partial charge is 0.319 e. The normalized spacial score (nSPS) is 30.2. The van der Waals surface area contributed by atoms with Gasteiger partial charge in [-0.25, -0.2) is 4.98 Å². The molecule has 5 rings (SSSR count). The van der Waals surface area contributed by atoms with Crippen molar-refractivity contribution in [3.8, 4) is 6.01 Å². The van der Waals surface area contributed by atoms with Crippen molar-refractivity contribution >= 4 is 28.3 Å². The van der Waals surface area contributed by atoms with E-state index < -0.39 is 5.60 Å². The number of anilines is 1. The molecule has 0 spiro atoms. The van der Waals surface area contributed by atoms with Crippen LogP contribution in [0.25, 0.3) is 10.9 Å². The van der Waals surface area contributed by atoms with Crippen LogP contribution in [0, 0.1) is 0 Å². The van der Waals surface area contributed by atoms with Gasteiger partial charge in [0.05, 0.1) is 28.6 Å². The maximum absolute atomic E-state index is 10.7. The molecule has 0 aromatic carbocycles. The van der Waals surface area contributed by atoms with Crippen LogP contribution >= 0.6 is 11.6 Å². The van der Waals surface area contributed by atoms with Crippen molar-refractivity contribution < 1.29 is 14.9 Å². The van der Waals surface area contributed by atoms with Gasteiger partial charge in [0.2, 0.25) is 0 Å². The number of piperidine rings is 1. The van der Waals surface area contributed by atoms with Crippen LogP contribution in [0.15, 0.2) is 6.20 Å². The van der Waals surface area contributed by atoms with Crippen LogP contribution in [0.4, 0.5) is 5.82 Å². The number of hydrogen-bond acceptors (Lipinski definition) is 8. The zero-order valence-electron chi connectivity index (χ0n) is 19.6.